The fraction of sp³-hybridized carbons (Fsp3) is 0.409. The van der Waals surface area contributed by atoms with Gasteiger partial charge in [0.1, 0.15) is 5.65 Å². The first-order chi connectivity index (χ1) is 12.7. The van der Waals surface area contributed by atoms with E-state index < -0.39 is 0 Å². The van der Waals surface area contributed by atoms with Crippen LogP contribution in [-0.4, -0.2) is 47.2 Å². The van der Waals surface area contributed by atoms with Crippen LogP contribution < -0.4 is 4.90 Å². The van der Waals surface area contributed by atoms with Crippen molar-refractivity contribution >= 4 is 16.7 Å². The van der Waals surface area contributed by atoms with Gasteiger partial charge < -0.3 is 9.47 Å². The summed E-state index contributed by atoms with van der Waals surface area (Å²) in [4.78, 5) is 9.83. The third-order valence-corrected chi connectivity index (χ3v) is 5.14. The number of piperazine rings is 1. The van der Waals surface area contributed by atoms with Gasteiger partial charge in [0.05, 0.1) is 11.9 Å². The molecule has 0 amide bonds. The van der Waals surface area contributed by atoms with Gasteiger partial charge in [0, 0.05) is 50.9 Å². The molecule has 1 aliphatic rings. The van der Waals surface area contributed by atoms with Crippen LogP contribution in [-0.2, 0) is 6.54 Å². The van der Waals surface area contributed by atoms with Gasteiger partial charge in [-0.05, 0) is 23.6 Å². The van der Waals surface area contributed by atoms with Gasteiger partial charge in [-0.25, -0.2) is 4.98 Å². The summed E-state index contributed by atoms with van der Waals surface area (Å²) in [7, 11) is 0. The molecule has 4 nitrogen and oxygen atoms in total. The van der Waals surface area contributed by atoms with E-state index in [1.54, 1.807) is 0 Å². The van der Waals surface area contributed by atoms with Gasteiger partial charge in [0.25, 0.3) is 0 Å². The van der Waals surface area contributed by atoms with Crippen molar-refractivity contribution < 1.29 is 0 Å². The molecule has 2 aromatic heterocycles. The third kappa shape index (κ3) is 3.75. The van der Waals surface area contributed by atoms with Crippen molar-refractivity contribution in [3.63, 3.8) is 0 Å². The minimum absolute atomic E-state index is 0.740. The number of nitrogens with zero attached hydrogens (tertiary/aromatic N) is 4. The maximum absolute atomic E-state index is 4.79. The summed E-state index contributed by atoms with van der Waals surface area (Å²) >= 11 is 0. The van der Waals surface area contributed by atoms with Gasteiger partial charge in [-0.2, -0.15) is 0 Å². The Bertz CT molecular complexity index is 845. The number of hydrogen-bond donors (Lipinski definition) is 0. The highest BCUT2D eigenvalue weighted by Crippen LogP contribution is 2.23. The van der Waals surface area contributed by atoms with E-state index in [1.807, 2.05) is 6.20 Å². The van der Waals surface area contributed by atoms with Crippen LogP contribution in [0.5, 0.6) is 0 Å². The fourth-order valence-corrected chi connectivity index (χ4v) is 3.85. The SMILES string of the molecule is CC(C)CN1CCN(c2cnc3c(ccn3Cc3ccccc3)c2)CC1. The van der Waals surface area contributed by atoms with Gasteiger partial charge in [-0.3, -0.25) is 4.90 Å². The van der Waals surface area contributed by atoms with Crippen LogP contribution in [0.25, 0.3) is 11.0 Å². The molecule has 0 N–H and O–H groups in total. The molecule has 0 atom stereocenters. The molecule has 1 fully saturated rings. The van der Waals surface area contributed by atoms with E-state index in [0.717, 1.165) is 44.3 Å². The maximum Gasteiger partial charge on any atom is 0.140 e. The first-order valence-corrected chi connectivity index (χ1v) is 9.65. The van der Waals surface area contributed by atoms with Crippen LogP contribution >= 0.6 is 0 Å². The molecule has 26 heavy (non-hydrogen) atoms. The molecule has 0 bridgehead atoms. The van der Waals surface area contributed by atoms with E-state index in [4.69, 9.17) is 4.98 Å². The van der Waals surface area contributed by atoms with Crippen molar-refractivity contribution in [3.8, 4) is 0 Å². The molecule has 1 aromatic carbocycles. The van der Waals surface area contributed by atoms with Crippen molar-refractivity contribution in [1.29, 1.82) is 0 Å². The molecule has 3 aromatic rings. The number of fused-ring (bicyclic) bond motifs is 1. The van der Waals surface area contributed by atoms with E-state index in [2.05, 4.69) is 76.9 Å². The molecule has 1 saturated heterocycles. The van der Waals surface area contributed by atoms with E-state index in [-0.39, 0.29) is 0 Å². The highest BCUT2D eigenvalue weighted by Gasteiger charge is 2.18. The Morgan fingerprint density at radius 2 is 1.77 bits per heavy atom. The van der Waals surface area contributed by atoms with E-state index in [1.165, 1.54) is 23.2 Å². The van der Waals surface area contributed by atoms with Gasteiger partial charge in [0.2, 0.25) is 0 Å². The number of benzene rings is 1. The molecule has 0 radical (unpaired) electrons. The standard InChI is InChI=1S/C22H28N4/c1-18(2)16-24-10-12-25(13-11-24)21-14-20-8-9-26(22(20)23-15-21)17-19-6-4-3-5-7-19/h3-9,14-15,18H,10-13,16-17H2,1-2H3. The molecule has 0 unspecified atom stereocenters. The van der Waals surface area contributed by atoms with Crippen LogP contribution in [0.15, 0.2) is 54.9 Å². The Balaban J connectivity index is 1.47. The first-order valence-electron chi connectivity index (χ1n) is 9.65. The molecular weight excluding hydrogens is 320 g/mol. The predicted octanol–water partition coefficient (Wildman–Crippen LogP) is 3.86. The van der Waals surface area contributed by atoms with E-state index >= 15 is 0 Å². The number of aromatic nitrogens is 2. The van der Waals surface area contributed by atoms with Crippen molar-refractivity contribution in [3.05, 3.63) is 60.4 Å². The molecule has 0 aliphatic carbocycles. The van der Waals surface area contributed by atoms with Crippen molar-refractivity contribution in [2.45, 2.75) is 20.4 Å². The lowest BCUT2D eigenvalue weighted by Gasteiger charge is -2.36. The maximum atomic E-state index is 4.79. The summed E-state index contributed by atoms with van der Waals surface area (Å²) < 4.78 is 2.23. The number of rotatable bonds is 5. The topological polar surface area (TPSA) is 24.3 Å². The summed E-state index contributed by atoms with van der Waals surface area (Å²) in [5, 5.41) is 1.23. The van der Waals surface area contributed by atoms with Gasteiger partial charge in [-0.1, -0.05) is 44.2 Å². The molecular formula is C22H28N4. The van der Waals surface area contributed by atoms with E-state index in [9.17, 15) is 0 Å². The summed E-state index contributed by atoms with van der Waals surface area (Å²) in [5.74, 6) is 0.740. The zero-order chi connectivity index (χ0) is 17.9. The van der Waals surface area contributed by atoms with Crippen LogP contribution in [0.3, 0.4) is 0 Å². The van der Waals surface area contributed by atoms with Crippen LogP contribution in [0.2, 0.25) is 0 Å². The lowest BCUT2D eigenvalue weighted by atomic mass is 10.2. The molecule has 1 aliphatic heterocycles. The molecule has 4 rings (SSSR count). The Hall–Kier alpha value is -2.33. The fourth-order valence-electron chi connectivity index (χ4n) is 3.85. The Morgan fingerprint density at radius 3 is 2.50 bits per heavy atom. The average Bonchev–Trinajstić information content (AvgIpc) is 3.05. The van der Waals surface area contributed by atoms with Gasteiger partial charge >= 0.3 is 0 Å². The van der Waals surface area contributed by atoms with Gasteiger partial charge in [0.15, 0.2) is 0 Å². The molecule has 3 heterocycles. The van der Waals surface area contributed by atoms with Crippen LogP contribution in [0, 0.1) is 5.92 Å². The van der Waals surface area contributed by atoms with Crippen LogP contribution in [0.1, 0.15) is 19.4 Å². The predicted molar refractivity (Wildman–Crippen MR) is 109 cm³/mol. The zero-order valence-electron chi connectivity index (χ0n) is 15.8. The second-order valence-electron chi connectivity index (χ2n) is 7.72. The number of hydrogen-bond acceptors (Lipinski definition) is 3. The Morgan fingerprint density at radius 1 is 1.00 bits per heavy atom. The lowest BCUT2D eigenvalue weighted by molar-refractivity contribution is 0.231. The Kier molecular flexibility index (Phi) is 4.93. The summed E-state index contributed by atoms with van der Waals surface area (Å²) in [5.41, 5.74) is 3.62. The number of pyridine rings is 1. The second-order valence-corrected chi connectivity index (χ2v) is 7.72. The monoisotopic (exact) mass is 348 g/mol. The first kappa shape index (κ1) is 17.1. The highest BCUT2D eigenvalue weighted by atomic mass is 15.3. The van der Waals surface area contributed by atoms with Crippen molar-refractivity contribution in [2.24, 2.45) is 5.92 Å². The second kappa shape index (κ2) is 7.50. The van der Waals surface area contributed by atoms with Gasteiger partial charge in [-0.15, -0.1) is 0 Å². The summed E-state index contributed by atoms with van der Waals surface area (Å²) in [6, 6.07) is 15.0. The third-order valence-electron chi connectivity index (χ3n) is 5.14. The number of anilines is 1. The van der Waals surface area contributed by atoms with Crippen LogP contribution in [0.4, 0.5) is 5.69 Å². The molecule has 136 valence electrons. The normalized spacial score (nSPS) is 15.9. The summed E-state index contributed by atoms with van der Waals surface area (Å²) in [6.45, 7) is 11.1. The van der Waals surface area contributed by atoms with E-state index in [0.29, 0.717) is 0 Å². The summed E-state index contributed by atoms with van der Waals surface area (Å²) in [6.07, 6.45) is 4.19. The zero-order valence-corrected chi connectivity index (χ0v) is 15.8. The molecule has 0 spiro atoms. The smallest absolute Gasteiger partial charge is 0.140 e. The molecule has 4 heteroatoms. The average molecular weight is 348 g/mol. The Labute approximate surface area is 156 Å². The quantitative estimate of drug-likeness (QED) is 0.700. The lowest BCUT2D eigenvalue weighted by Crippen LogP contribution is -2.47. The largest absolute Gasteiger partial charge is 0.368 e. The minimum Gasteiger partial charge on any atom is -0.368 e. The van der Waals surface area contributed by atoms with Crippen molar-refractivity contribution in [1.82, 2.24) is 14.5 Å². The minimum atomic E-state index is 0.740. The molecule has 0 saturated carbocycles. The van der Waals surface area contributed by atoms with Crippen molar-refractivity contribution in [2.75, 3.05) is 37.6 Å². The highest BCUT2D eigenvalue weighted by molar-refractivity contribution is 5.80.